The number of imidazole rings is 1. The molecule has 5 heterocycles. The standard InChI is InChI=1S/C45H38N4OSi.Pt/c1-45(2)24-28-51(26-10-11-27-51)42-23-25-46-44(43(42)45)49-38-18-7-6-17-36(38)37-22-21-35(30-41(37)49)50-34-16-12-15-33(29-34)48-31-47(32-13-4-3-5-14-32)39-19-8-9-20-40(39)48;/h3-9,12-23,25H,10-11,24,26-28H2,1-2H3;/q-2;. The summed E-state index contributed by atoms with van der Waals surface area (Å²) in [6, 6.07) is 51.4. The molecular formula is C45H38N4OPtSi-2. The van der Waals surface area contributed by atoms with Crippen LogP contribution in [0.2, 0.25) is 18.1 Å². The normalized spacial score (nSPS) is 16.0. The van der Waals surface area contributed by atoms with Crippen LogP contribution in [0.5, 0.6) is 11.5 Å². The van der Waals surface area contributed by atoms with Gasteiger partial charge in [0.1, 0.15) is 5.82 Å². The van der Waals surface area contributed by atoms with Crippen LogP contribution >= 0.6 is 0 Å². The first-order valence-corrected chi connectivity index (χ1v) is 20.8. The van der Waals surface area contributed by atoms with E-state index in [1.165, 1.54) is 48.3 Å². The molecule has 260 valence electrons. The molecule has 0 N–H and O–H groups in total. The van der Waals surface area contributed by atoms with Crippen LogP contribution in [-0.2, 0) is 26.5 Å². The molecule has 7 heteroatoms. The van der Waals surface area contributed by atoms with Gasteiger partial charge in [0.2, 0.25) is 0 Å². The fourth-order valence-electron chi connectivity index (χ4n) is 9.02. The second-order valence-corrected chi connectivity index (χ2v) is 19.6. The summed E-state index contributed by atoms with van der Waals surface area (Å²) >= 11 is 0. The van der Waals surface area contributed by atoms with Gasteiger partial charge < -0.3 is 13.9 Å². The third kappa shape index (κ3) is 5.22. The molecule has 0 saturated carbocycles. The Hall–Kier alpha value is -4.77. The van der Waals surface area contributed by atoms with Crippen molar-refractivity contribution >= 4 is 46.1 Å². The summed E-state index contributed by atoms with van der Waals surface area (Å²) < 4.78 is 13.1. The van der Waals surface area contributed by atoms with Gasteiger partial charge >= 0.3 is 0 Å². The number of para-hydroxylation sites is 4. The Morgan fingerprint density at radius 2 is 1.48 bits per heavy atom. The molecule has 0 amide bonds. The molecule has 0 radical (unpaired) electrons. The average molecular weight is 874 g/mol. The largest absolute Gasteiger partial charge is 0.510 e. The van der Waals surface area contributed by atoms with Crippen molar-refractivity contribution in [2.45, 2.75) is 56.7 Å². The molecular weight excluding hydrogens is 836 g/mol. The molecule has 8 aromatic rings. The molecule has 0 atom stereocenters. The fourth-order valence-corrected chi connectivity index (χ4v) is 14.9. The van der Waals surface area contributed by atoms with Crippen LogP contribution in [-0.4, -0.2) is 22.2 Å². The molecule has 0 bridgehead atoms. The van der Waals surface area contributed by atoms with Gasteiger partial charge in [-0.15, -0.1) is 29.7 Å². The number of aromatic nitrogens is 4. The maximum Gasteiger partial charge on any atom is 0.268 e. The third-order valence-corrected chi connectivity index (χ3v) is 16.9. The van der Waals surface area contributed by atoms with Crippen molar-refractivity contribution in [3.05, 3.63) is 145 Å². The summed E-state index contributed by atoms with van der Waals surface area (Å²) in [7, 11) is -1.54. The van der Waals surface area contributed by atoms with E-state index in [1.54, 1.807) is 5.19 Å². The smallest absolute Gasteiger partial charge is 0.268 e. The van der Waals surface area contributed by atoms with Crippen LogP contribution in [0.25, 0.3) is 50.0 Å². The molecule has 2 aliphatic rings. The first-order valence-electron chi connectivity index (χ1n) is 18.2. The predicted molar refractivity (Wildman–Crippen MR) is 207 cm³/mol. The zero-order chi connectivity index (χ0) is 34.2. The average Bonchev–Trinajstić information content (AvgIpc) is 3.89. The molecule has 3 aromatic heterocycles. The predicted octanol–water partition coefficient (Wildman–Crippen LogP) is 9.72. The summed E-state index contributed by atoms with van der Waals surface area (Å²) in [5.41, 5.74) is 7.64. The Labute approximate surface area is 319 Å². The molecule has 5 aromatic carbocycles. The van der Waals surface area contributed by atoms with Crippen molar-refractivity contribution in [3.63, 3.8) is 0 Å². The number of hydrogen-bond acceptors (Lipinski definition) is 2. The van der Waals surface area contributed by atoms with E-state index in [-0.39, 0.29) is 26.5 Å². The van der Waals surface area contributed by atoms with E-state index in [2.05, 4.69) is 120 Å². The minimum absolute atomic E-state index is 0. The summed E-state index contributed by atoms with van der Waals surface area (Å²) in [5, 5.41) is 4.00. The van der Waals surface area contributed by atoms with E-state index in [4.69, 9.17) is 9.72 Å². The minimum Gasteiger partial charge on any atom is -0.510 e. The molecule has 0 unspecified atom stereocenters. The van der Waals surface area contributed by atoms with Gasteiger partial charge in [-0.2, -0.15) is 18.2 Å². The molecule has 1 fully saturated rings. The molecule has 1 saturated heterocycles. The van der Waals surface area contributed by atoms with Gasteiger partial charge in [0.05, 0.1) is 24.8 Å². The molecule has 10 rings (SSSR count). The minimum atomic E-state index is -1.54. The van der Waals surface area contributed by atoms with Gasteiger partial charge in [0.15, 0.2) is 0 Å². The zero-order valence-electron chi connectivity index (χ0n) is 29.3. The monoisotopic (exact) mass is 873 g/mol. The summed E-state index contributed by atoms with van der Waals surface area (Å²) in [4.78, 5) is 5.20. The van der Waals surface area contributed by atoms with E-state index in [1.807, 2.05) is 47.0 Å². The Morgan fingerprint density at radius 1 is 0.731 bits per heavy atom. The number of fused-ring (bicyclic) bond motifs is 6. The van der Waals surface area contributed by atoms with Crippen LogP contribution in [0.15, 0.2) is 121 Å². The molecule has 5 nitrogen and oxygen atoms in total. The molecule has 52 heavy (non-hydrogen) atoms. The van der Waals surface area contributed by atoms with Gasteiger partial charge in [0.25, 0.3) is 6.33 Å². The quantitative estimate of drug-likeness (QED) is 0.0982. The number of pyridine rings is 1. The molecule has 0 aliphatic carbocycles. The van der Waals surface area contributed by atoms with E-state index < -0.39 is 8.07 Å². The fraction of sp³-hybridized carbons (Fsp3) is 0.200. The first-order chi connectivity index (χ1) is 25.0. The Kier molecular flexibility index (Phi) is 8.09. The van der Waals surface area contributed by atoms with Crippen molar-refractivity contribution < 1.29 is 30.4 Å². The summed E-state index contributed by atoms with van der Waals surface area (Å²) in [5.74, 6) is 2.32. The van der Waals surface area contributed by atoms with Crippen LogP contribution in [0, 0.1) is 18.5 Å². The van der Waals surface area contributed by atoms with Gasteiger partial charge in [-0.05, 0) is 47.2 Å². The van der Waals surface area contributed by atoms with Crippen LogP contribution < -0.4 is 14.5 Å². The first kappa shape index (κ1) is 33.1. The molecule has 1 spiro atoms. The Bertz CT molecular complexity index is 2620. The maximum atomic E-state index is 6.60. The van der Waals surface area contributed by atoms with E-state index in [9.17, 15) is 0 Å². The summed E-state index contributed by atoms with van der Waals surface area (Å²) in [6.45, 7) is 4.85. The van der Waals surface area contributed by atoms with Crippen molar-refractivity contribution in [1.29, 1.82) is 0 Å². The number of rotatable bonds is 5. The number of benzene rings is 5. The number of ether oxygens (including phenoxy) is 1. The SMILES string of the molecule is CC1(C)CC[Si]2(CCCC2)c2ccnc(-n3c4[c-]c(Oc5[c-]c(-n6[c-][n+](-c7ccccc7)c7ccccc76)ccc5)ccc4c4ccccc43)c21.[Pt]. The Morgan fingerprint density at radius 3 is 2.33 bits per heavy atom. The van der Waals surface area contributed by atoms with E-state index in [0.717, 1.165) is 44.6 Å². The van der Waals surface area contributed by atoms with Crippen molar-refractivity contribution in [2.24, 2.45) is 0 Å². The van der Waals surface area contributed by atoms with Crippen LogP contribution in [0.1, 0.15) is 38.7 Å². The number of nitrogens with zero attached hydrogens (tertiary/aromatic N) is 4. The Balaban J connectivity index is 0.00000360. The topological polar surface area (TPSA) is 35.9 Å². The van der Waals surface area contributed by atoms with Crippen LogP contribution in [0.4, 0.5) is 0 Å². The van der Waals surface area contributed by atoms with Gasteiger partial charge in [0, 0.05) is 49.8 Å². The summed E-state index contributed by atoms with van der Waals surface area (Å²) in [6.07, 6.45) is 9.61. The third-order valence-electron chi connectivity index (χ3n) is 11.5. The zero-order valence-corrected chi connectivity index (χ0v) is 32.6. The number of hydrogen-bond donors (Lipinski definition) is 0. The van der Waals surface area contributed by atoms with E-state index in [0.29, 0.717) is 11.5 Å². The van der Waals surface area contributed by atoms with Crippen LogP contribution in [0.3, 0.4) is 0 Å². The van der Waals surface area contributed by atoms with E-state index >= 15 is 0 Å². The second-order valence-electron chi connectivity index (χ2n) is 15.0. The maximum absolute atomic E-state index is 6.60. The van der Waals surface area contributed by atoms with Gasteiger partial charge in [-0.1, -0.05) is 116 Å². The van der Waals surface area contributed by atoms with Crippen molar-refractivity contribution in [1.82, 2.24) is 14.1 Å². The van der Waals surface area contributed by atoms with Crippen molar-refractivity contribution in [2.75, 3.05) is 0 Å². The van der Waals surface area contributed by atoms with Crippen molar-refractivity contribution in [3.8, 4) is 28.7 Å². The molecule has 2 aliphatic heterocycles. The second kappa shape index (κ2) is 12.7. The van der Waals surface area contributed by atoms with Gasteiger partial charge in [-0.3, -0.25) is 4.57 Å². The van der Waals surface area contributed by atoms with Gasteiger partial charge in [-0.25, -0.2) is 4.98 Å².